The fraction of sp³-hybridized carbons (Fsp3) is 0. The summed E-state index contributed by atoms with van der Waals surface area (Å²) >= 11 is 0. The molecule has 2 nitrogen and oxygen atoms in total. The van der Waals surface area contributed by atoms with Gasteiger partial charge in [-0.1, -0.05) is 66.7 Å². The average Bonchev–Trinajstić information content (AvgIpc) is 2.68. The summed E-state index contributed by atoms with van der Waals surface area (Å²) in [6, 6.07) is 19.8. The lowest BCUT2D eigenvalue weighted by Crippen LogP contribution is -1.90. The maximum atomic E-state index is 12.7. The van der Waals surface area contributed by atoms with Gasteiger partial charge in [0.25, 0.3) is 0 Å². The maximum Gasteiger partial charge on any atom is 0.344 e. The van der Waals surface area contributed by atoms with Crippen molar-refractivity contribution in [1.82, 2.24) is 0 Å². The van der Waals surface area contributed by atoms with E-state index in [1.807, 2.05) is 60.7 Å². The number of anilines is 1. The minimum absolute atomic E-state index is 0.00209. The number of rotatable bonds is 5. The highest BCUT2D eigenvalue weighted by Gasteiger charge is 2.07. The van der Waals surface area contributed by atoms with Gasteiger partial charge in [-0.3, -0.25) is 0 Å². The third kappa shape index (κ3) is 4.79. The van der Waals surface area contributed by atoms with Gasteiger partial charge >= 0.3 is 12.1 Å². The van der Waals surface area contributed by atoms with E-state index in [2.05, 4.69) is 4.74 Å². The molecule has 0 aliphatic rings. The molecule has 0 aliphatic heterocycles. The van der Waals surface area contributed by atoms with Crippen molar-refractivity contribution in [3.63, 3.8) is 0 Å². The van der Waals surface area contributed by atoms with Gasteiger partial charge in [-0.25, -0.2) is 0 Å². The number of hydrogen-bond donors (Lipinski definition) is 1. The molecular formula is C22H16F3NO. The molecule has 3 aromatic rings. The van der Waals surface area contributed by atoms with Crippen LogP contribution in [0, 0.1) is 0 Å². The second-order valence-electron chi connectivity index (χ2n) is 5.75. The molecule has 27 heavy (non-hydrogen) atoms. The molecule has 0 saturated carbocycles. The number of nitrogens with two attached hydrogens (primary N) is 1. The SMILES string of the molecule is Nc1ccccc1-c1ccc(/C=C/c2ccc(OC(F)=C(F)F)cc2)cc1. The molecule has 0 aromatic heterocycles. The molecule has 136 valence electrons. The zero-order valence-electron chi connectivity index (χ0n) is 14.2. The summed E-state index contributed by atoms with van der Waals surface area (Å²) in [4.78, 5) is 0. The zero-order chi connectivity index (χ0) is 19.2. The minimum Gasteiger partial charge on any atom is -0.428 e. The number of ether oxygens (including phenoxy) is 1. The molecule has 0 aliphatic carbocycles. The number of hydrogen-bond acceptors (Lipinski definition) is 2. The maximum absolute atomic E-state index is 12.7. The molecule has 0 radical (unpaired) electrons. The molecule has 0 amide bonds. The Morgan fingerprint density at radius 2 is 1.30 bits per heavy atom. The molecule has 0 heterocycles. The van der Waals surface area contributed by atoms with Gasteiger partial charge < -0.3 is 10.5 Å². The van der Waals surface area contributed by atoms with Gasteiger partial charge in [-0.2, -0.15) is 13.2 Å². The van der Waals surface area contributed by atoms with Crippen LogP contribution in [0.1, 0.15) is 11.1 Å². The number of benzene rings is 3. The first-order valence-corrected chi connectivity index (χ1v) is 8.14. The normalized spacial score (nSPS) is 10.8. The van der Waals surface area contributed by atoms with Crippen LogP contribution >= 0.6 is 0 Å². The van der Waals surface area contributed by atoms with Crippen LogP contribution in [0.2, 0.25) is 0 Å². The highest BCUT2D eigenvalue weighted by Crippen LogP contribution is 2.26. The second kappa shape index (κ2) is 8.27. The van der Waals surface area contributed by atoms with Crippen LogP contribution in [-0.2, 0) is 0 Å². The molecule has 3 aromatic carbocycles. The molecule has 0 atom stereocenters. The molecule has 2 N–H and O–H groups in total. The lowest BCUT2D eigenvalue weighted by molar-refractivity contribution is 0.241. The van der Waals surface area contributed by atoms with Crippen molar-refractivity contribution in [1.29, 1.82) is 0 Å². The van der Waals surface area contributed by atoms with E-state index in [4.69, 9.17) is 5.73 Å². The molecule has 0 bridgehead atoms. The molecular weight excluding hydrogens is 351 g/mol. The van der Waals surface area contributed by atoms with Crippen LogP contribution in [0.5, 0.6) is 5.75 Å². The van der Waals surface area contributed by atoms with E-state index in [9.17, 15) is 13.2 Å². The summed E-state index contributed by atoms with van der Waals surface area (Å²) in [5.74, 6) is 0.00209. The third-order valence-corrected chi connectivity index (χ3v) is 3.89. The highest BCUT2D eigenvalue weighted by molar-refractivity contribution is 5.78. The van der Waals surface area contributed by atoms with Gasteiger partial charge in [0, 0.05) is 11.3 Å². The summed E-state index contributed by atoms with van der Waals surface area (Å²) < 4.78 is 41.2. The highest BCUT2D eigenvalue weighted by atomic mass is 19.3. The van der Waals surface area contributed by atoms with Crippen molar-refractivity contribution in [3.8, 4) is 16.9 Å². The fourth-order valence-electron chi connectivity index (χ4n) is 2.52. The summed E-state index contributed by atoms with van der Waals surface area (Å²) in [5.41, 5.74) is 10.5. The van der Waals surface area contributed by atoms with Gasteiger partial charge in [-0.15, -0.1) is 0 Å². The van der Waals surface area contributed by atoms with Crippen molar-refractivity contribution in [2.24, 2.45) is 0 Å². The first-order valence-electron chi connectivity index (χ1n) is 8.14. The molecule has 5 heteroatoms. The first-order chi connectivity index (χ1) is 13.0. The fourth-order valence-corrected chi connectivity index (χ4v) is 2.52. The Morgan fingerprint density at radius 1 is 0.741 bits per heavy atom. The summed E-state index contributed by atoms with van der Waals surface area (Å²) in [7, 11) is 0. The number of para-hydroxylation sites is 1. The Hall–Kier alpha value is -3.47. The van der Waals surface area contributed by atoms with E-state index >= 15 is 0 Å². The van der Waals surface area contributed by atoms with E-state index in [0.717, 1.165) is 27.9 Å². The largest absolute Gasteiger partial charge is 0.428 e. The Morgan fingerprint density at radius 3 is 1.85 bits per heavy atom. The lowest BCUT2D eigenvalue weighted by atomic mass is 10.0. The van der Waals surface area contributed by atoms with Gasteiger partial charge in [0.15, 0.2) is 0 Å². The second-order valence-corrected chi connectivity index (χ2v) is 5.75. The Bertz CT molecular complexity index is 973. The van der Waals surface area contributed by atoms with E-state index in [0.29, 0.717) is 0 Å². The lowest BCUT2D eigenvalue weighted by Gasteiger charge is -2.05. The third-order valence-electron chi connectivity index (χ3n) is 3.89. The van der Waals surface area contributed by atoms with Crippen LogP contribution in [0.4, 0.5) is 18.9 Å². The smallest absolute Gasteiger partial charge is 0.344 e. The van der Waals surface area contributed by atoms with Crippen molar-refractivity contribution >= 4 is 17.8 Å². The molecule has 0 saturated heterocycles. The van der Waals surface area contributed by atoms with Gasteiger partial charge in [-0.05, 0) is 34.9 Å². The van der Waals surface area contributed by atoms with Crippen LogP contribution < -0.4 is 10.5 Å². The van der Waals surface area contributed by atoms with Gasteiger partial charge in [0.2, 0.25) is 0 Å². The molecule has 3 rings (SSSR count). The van der Waals surface area contributed by atoms with Crippen LogP contribution in [0.25, 0.3) is 23.3 Å². The van der Waals surface area contributed by atoms with Gasteiger partial charge in [0.05, 0.1) is 0 Å². The average molecular weight is 367 g/mol. The molecule has 0 spiro atoms. The van der Waals surface area contributed by atoms with E-state index in [1.54, 1.807) is 12.1 Å². The van der Waals surface area contributed by atoms with Crippen molar-refractivity contribution in [2.75, 3.05) is 5.73 Å². The van der Waals surface area contributed by atoms with Crippen molar-refractivity contribution < 1.29 is 17.9 Å². The minimum atomic E-state index is -2.49. The molecule has 0 unspecified atom stereocenters. The van der Waals surface area contributed by atoms with Crippen LogP contribution in [0.15, 0.2) is 84.9 Å². The van der Waals surface area contributed by atoms with Crippen molar-refractivity contribution in [2.45, 2.75) is 0 Å². The van der Waals surface area contributed by atoms with E-state index in [-0.39, 0.29) is 5.75 Å². The zero-order valence-corrected chi connectivity index (χ0v) is 14.2. The number of nitrogen functional groups attached to an aromatic ring is 1. The monoisotopic (exact) mass is 367 g/mol. The van der Waals surface area contributed by atoms with E-state index < -0.39 is 12.1 Å². The van der Waals surface area contributed by atoms with Gasteiger partial charge in [0.1, 0.15) is 5.75 Å². The Balaban J connectivity index is 1.69. The molecule has 0 fully saturated rings. The standard InChI is InChI=1S/C22H16F3NO/c23-21(24)22(25)27-18-13-9-16(10-14-18)6-5-15-7-11-17(12-8-15)19-3-1-2-4-20(19)26/h1-14H,26H2/b6-5+. The summed E-state index contributed by atoms with van der Waals surface area (Å²) in [5, 5.41) is 0. The quantitative estimate of drug-likeness (QED) is 0.316. The predicted molar refractivity (Wildman–Crippen MR) is 103 cm³/mol. The van der Waals surface area contributed by atoms with Crippen molar-refractivity contribution in [3.05, 3.63) is 96.0 Å². The van der Waals surface area contributed by atoms with Crippen LogP contribution in [0.3, 0.4) is 0 Å². The van der Waals surface area contributed by atoms with E-state index in [1.165, 1.54) is 12.1 Å². The number of halogens is 3. The first kappa shape index (κ1) is 18.3. The van der Waals surface area contributed by atoms with Crippen LogP contribution in [-0.4, -0.2) is 0 Å². The topological polar surface area (TPSA) is 35.2 Å². The predicted octanol–water partition coefficient (Wildman–Crippen LogP) is 6.52. The Labute approximate surface area is 155 Å². The summed E-state index contributed by atoms with van der Waals surface area (Å²) in [6.07, 6.45) is 1.28. The summed E-state index contributed by atoms with van der Waals surface area (Å²) in [6.45, 7) is 0. The Kier molecular flexibility index (Phi) is 5.61.